The first-order valence-corrected chi connectivity index (χ1v) is 6.04. The van der Waals surface area contributed by atoms with Gasteiger partial charge >= 0.3 is 0 Å². The Morgan fingerprint density at radius 1 is 1.36 bits per heavy atom. The molecule has 3 unspecified atom stereocenters. The molecule has 0 aromatic rings. The lowest BCUT2D eigenvalue weighted by atomic mass is 9.72. The third-order valence-corrected chi connectivity index (χ3v) is 3.76. The van der Waals surface area contributed by atoms with Crippen LogP contribution < -0.4 is 5.73 Å². The summed E-state index contributed by atoms with van der Waals surface area (Å²) in [5, 5.41) is 0. The van der Waals surface area contributed by atoms with Gasteiger partial charge in [0.1, 0.15) is 0 Å². The Hall–Kier alpha value is -0.300. The molecule has 1 heteroatoms. The fraction of sp³-hybridized carbons (Fsp3) is 0.846. The molecular weight excluding hydrogens is 170 g/mol. The number of hydrogen-bond donors (Lipinski definition) is 1. The Kier molecular flexibility index (Phi) is 4.67. The third kappa shape index (κ3) is 3.13. The van der Waals surface area contributed by atoms with E-state index in [1.54, 1.807) is 0 Å². The molecule has 82 valence electrons. The molecule has 0 radical (unpaired) electrons. The molecule has 0 aliphatic heterocycles. The molecule has 0 saturated heterocycles. The minimum Gasteiger partial charge on any atom is -0.330 e. The van der Waals surface area contributed by atoms with Crippen molar-refractivity contribution >= 4 is 0 Å². The van der Waals surface area contributed by atoms with E-state index in [0.717, 1.165) is 30.7 Å². The summed E-state index contributed by atoms with van der Waals surface area (Å²) in [4.78, 5) is 0. The van der Waals surface area contributed by atoms with Crippen LogP contribution in [0.15, 0.2) is 12.2 Å². The highest BCUT2D eigenvalue weighted by Crippen LogP contribution is 2.36. The van der Waals surface area contributed by atoms with Gasteiger partial charge in [-0.2, -0.15) is 0 Å². The van der Waals surface area contributed by atoms with Crippen molar-refractivity contribution in [3.05, 3.63) is 12.2 Å². The van der Waals surface area contributed by atoms with Gasteiger partial charge < -0.3 is 5.73 Å². The Morgan fingerprint density at radius 2 is 2.07 bits per heavy atom. The molecule has 14 heavy (non-hydrogen) atoms. The fourth-order valence-corrected chi connectivity index (χ4v) is 2.64. The molecule has 2 N–H and O–H groups in total. The second kappa shape index (κ2) is 5.55. The summed E-state index contributed by atoms with van der Waals surface area (Å²) in [6, 6.07) is 0. The molecule has 0 spiro atoms. The van der Waals surface area contributed by atoms with Crippen LogP contribution in [0.1, 0.15) is 46.0 Å². The molecule has 1 saturated carbocycles. The molecule has 1 aliphatic carbocycles. The fourth-order valence-electron chi connectivity index (χ4n) is 2.64. The first-order chi connectivity index (χ1) is 6.67. The van der Waals surface area contributed by atoms with E-state index in [1.807, 2.05) is 0 Å². The van der Waals surface area contributed by atoms with Gasteiger partial charge in [0.25, 0.3) is 0 Å². The average molecular weight is 195 g/mol. The number of hydrogen-bond acceptors (Lipinski definition) is 1. The maximum absolute atomic E-state index is 5.83. The Balaban J connectivity index is 2.48. The van der Waals surface area contributed by atoms with Crippen LogP contribution in [0.25, 0.3) is 0 Å². The second-order valence-electron chi connectivity index (χ2n) is 4.98. The zero-order valence-corrected chi connectivity index (χ0v) is 9.76. The maximum atomic E-state index is 5.83. The Labute approximate surface area is 88.8 Å². The van der Waals surface area contributed by atoms with Gasteiger partial charge in [-0.3, -0.25) is 0 Å². The summed E-state index contributed by atoms with van der Waals surface area (Å²) in [6.07, 6.45) is 6.40. The van der Waals surface area contributed by atoms with Crippen LogP contribution in [0.3, 0.4) is 0 Å². The van der Waals surface area contributed by atoms with Gasteiger partial charge in [-0.1, -0.05) is 32.4 Å². The highest BCUT2D eigenvalue weighted by molar-refractivity contribution is 4.97. The van der Waals surface area contributed by atoms with Gasteiger partial charge in [-0.05, 0) is 50.0 Å². The van der Waals surface area contributed by atoms with Crippen LogP contribution in [0, 0.1) is 17.8 Å². The topological polar surface area (TPSA) is 26.0 Å². The van der Waals surface area contributed by atoms with Crippen molar-refractivity contribution in [1.82, 2.24) is 0 Å². The van der Waals surface area contributed by atoms with Crippen molar-refractivity contribution in [2.75, 3.05) is 6.54 Å². The lowest BCUT2D eigenvalue weighted by Gasteiger charge is -2.34. The summed E-state index contributed by atoms with van der Waals surface area (Å²) in [6.45, 7) is 9.56. The summed E-state index contributed by atoms with van der Waals surface area (Å²) < 4.78 is 0. The zero-order chi connectivity index (χ0) is 10.6. The molecule has 0 bridgehead atoms. The SMILES string of the molecule is C=C(CC)CC1CC(C)CCC1CN. The normalized spacial score (nSPS) is 32.9. The van der Waals surface area contributed by atoms with Crippen molar-refractivity contribution in [1.29, 1.82) is 0 Å². The molecule has 1 aliphatic rings. The average Bonchev–Trinajstić information content (AvgIpc) is 2.18. The van der Waals surface area contributed by atoms with Gasteiger partial charge in [-0.25, -0.2) is 0 Å². The molecule has 0 heterocycles. The molecule has 0 amide bonds. The van der Waals surface area contributed by atoms with Crippen LogP contribution in [0.2, 0.25) is 0 Å². The lowest BCUT2D eigenvalue weighted by Crippen LogP contribution is -2.29. The lowest BCUT2D eigenvalue weighted by molar-refractivity contribution is 0.192. The summed E-state index contributed by atoms with van der Waals surface area (Å²) >= 11 is 0. The Bertz CT molecular complexity index is 186. The predicted molar refractivity (Wildman–Crippen MR) is 63.1 cm³/mol. The quantitative estimate of drug-likeness (QED) is 0.684. The van der Waals surface area contributed by atoms with Crippen molar-refractivity contribution in [2.24, 2.45) is 23.5 Å². The zero-order valence-electron chi connectivity index (χ0n) is 9.76. The molecular formula is C13H25N. The van der Waals surface area contributed by atoms with E-state index < -0.39 is 0 Å². The van der Waals surface area contributed by atoms with Crippen molar-refractivity contribution in [3.8, 4) is 0 Å². The van der Waals surface area contributed by atoms with E-state index in [-0.39, 0.29) is 0 Å². The van der Waals surface area contributed by atoms with Gasteiger partial charge in [0.2, 0.25) is 0 Å². The predicted octanol–water partition coefficient (Wildman–Crippen LogP) is 3.35. The summed E-state index contributed by atoms with van der Waals surface area (Å²) in [5.41, 5.74) is 7.23. The van der Waals surface area contributed by atoms with Crippen LogP contribution in [-0.2, 0) is 0 Å². The molecule has 1 rings (SSSR count). The molecule has 0 aromatic heterocycles. The van der Waals surface area contributed by atoms with Gasteiger partial charge in [0.05, 0.1) is 0 Å². The minimum absolute atomic E-state index is 0.759. The van der Waals surface area contributed by atoms with Crippen LogP contribution >= 0.6 is 0 Å². The standard InChI is InChI=1S/C13H25N/c1-4-10(2)7-13-8-11(3)5-6-12(13)9-14/h11-13H,2,4-9,14H2,1,3H3. The van der Waals surface area contributed by atoms with E-state index in [0.29, 0.717) is 0 Å². The van der Waals surface area contributed by atoms with Gasteiger partial charge in [-0.15, -0.1) is 0 Å². The summed E-state index contributed by atoms with van der Waals surface area (Å²) in [7, 11) is 0. The van der Waals surface area contributed by atoms with Crippen LogP contribution in [-0.4, -0.2) is 6.54 Å². The first kappa shape index (κ1) is 11.8. The number of allylic oxidation sites excluding steroid dienone is 1. The van der Waals surface area contributed by atoms with E-state index in [2.05, 4.69) is 20.4 Å². The largest absolute Gasteiger partial charge is 0.330 e. The highest BCUT2D eigenvalue weighted by atomic mass is 14.6. The molecule has 0 aromatic carbocycles. The Morgan fingerprint density at radius 3 is 2.64 bits per heavy atom. The second-order valence-corrected chi connectivity index (χ2v) is 4.98. The van der Waals surface area contributed by atoms with E-state index in [4.69, 9.17) is 5.73 Å². The third-order valence-electron chi connectivity index (χ3n) is 3.76. The monoisotopic (exact) mass is 195 g/mol. The maximum Gasteiger partial charge on any atom is -0.00461 e. The highest BCUT2D eigenvalue weighted by Gasteiger charge is 2.27. The van der Waals surface area contributed by atoms with Crippen molar-refractivity contribution in [3.63, 3.8) is 0 Å². The number of rotatable bonds is 4. The van der Waals surface area contributed by atoms with Crippen LogP contribution in [0.4, 0.5) is 0 Å². The van der Waals surface area contributed by atoms with Crippen molar-refractivity contribution in [2.45, 2.75) is 46.0 Å². The van der Waals surface area contributed by atoms with E-state index in [1.165, 1.54) is 31.3 Å². The summed E-state index contributed by atoms with van der Waals surface area (Å²) in [5.74, 6) is 2.47. The number of nitrogens with two attached hydrogens (primary N) is 1. The minimum atomic E-state index is 0.759. The van der Waals surface area contributed by atoms with Crippen LogP contribution in [0.5, 0.6) is 0 Å². The smallest absolute Gasteiger partial charge is 0.00461 e. The first-order valence-electron chi connectivity index (χ1n) is 6.04. The van der Waals surface area contributed by atoms with Gasteiger partial charge in [0, 0.05) is 0 Å². The van der Waals surface area contributed by atoms with E-state index >= 15 is 0 Å². The van der Waals surface area contributed by atoms with Crippen molar-refractivity contribution < 1.29 is 0 Å². The van der Waals surface area contributed by atoms with Gasteiger partial charge in [0.15, 0.2) is 0 Å². The molecule has 3 atom stereocenters. The van der Waals surface area contributed by atoms with E-state index in [9.17, 15) is 0 Å². The molecule has 1 nitrogen and oxygen atoms in total. The molecule has 1 fully saturated rings.